The van der Waals surface area contributed by atoms with Crippen LogP contribution >= 0.6 is 22.6 Å². The summed E-state index contributed by atoms with van der Waals surface area (Å²) in [6, 6.07) is 13.3. The number of amides is 2. The fourth-order valence-corrected chi connectivity index (χ4v) is 3.82. The number of ether oxygens (including phenoxy) is 1. The molecule has 3 N–H and O–H groups in total. The smallest absolute Gasteiger partial charge is 0.252 e. The lowest BCUT2D eigenvalue weighted by Crippen LogP contribution is -2.28. The second-order valence-corrected chi connectivity index (χ2v) is 8.84. The molecule has 0 bridgehead atoms. The molecule has 0 aromatic heterocycles. The monoisotopic (exact) mass is 578 g/mol. The van der Waals surface area contributed by atoms with E-state index in [0.717, 1.165) is 12.1 Å². The van der Waals surface area contributed by atoms with Gasteiger partial charge in [0, 0.05) is 29.4 Å². The molecule has 0 aliphatic heterocycles. The van der Waals surface area contributed by atoms with Crippen LogP contribution < -0.4 is 15.8 Å². The van der Waals surface area contributed by atoms with Crippen LogP contribution in [0.4, 0.5) is 8.78 Å². The summed E-state index contributed by atoms with van der Waals surface area (Å²) in [6.45, 7) is 1.22. The fourth-order valence-electron chi connectivity index (χ4n) is 3.36. The van der Waals surface area contributed by atoms with Crippen molar-refractivity contribution in [1.82, 2.24) is 5.32 Å². The molecule has 0 saturated carbocycles. The summed E-state index contributed by atoms with van der Waals surface area (Å²) >= 11 is 1.98. The van der Waals surface area contributed by atoms with Crippen LogP contribution in [-0.4, -0.2) is 24.1 Å². The van der Waals surface area contributed by atoms with Crippen LogP contribution in [0.2, 0.25) is 0 Å². The zero-order valence-electron chi connectivity index (χ0n) is 18.2. The van der Waals surface area contributed by atoms with Gasteiger partial charge in [-0.1, -0.05) is 18.2 Å². The number of nitrogens with two attached hydrogens (primary N) is 1. The van der Waals surface area contributed by atoms with Gasteiger partial charge in [-0.2, -0.15) is 0 Å². The van der Waals surface area contributed by atoms with Crippen molar-refractivity contribution in [2.24, 2.45) is 5.73 Å². The van der Waals surface area contributed by atoms with Gasteiger partial charge in [0.15, 0.2) is 5.78 Å². The lowest BCUT2D eigenvalue weighted by Gasteiger charge is -2.15. The van der Waals surface area contributed by atoms with E-state index in [1.807, 2.05) is 22.6 Å². The summed E-state index contributed by atoms with van der Waals surface area (Å²) in [5.41, 5.74) is 6.57. The van der Waals surface area contributed by atoms with E-state index in [4.69, 9.17) is 10.5 Å². The molecular weight excluding hydrogens is 557 g/mol. The molecule has 3 rings (SSSR count). The van der Waals surface area contributed by atoms with E-state index in [1.54, 1.807) is 36.4 Å². The maximum atomic E-state index is 14.4. The molecule has 0 radical (unpaired) electrons. The zero-order valence-corrected chi connectivity index (χ0v) is 20.3. The van der Waals surface area contributed by atoms with Crippen LogP contribution in [-0.2, 0) is 22.4 Å². The quantitative estimate of drug-likeness (QED) is 0.370. The van der Waals surface area contributed by atoms with Crippen molar-refractivity contribution in [1.29, 1.82) is 0 Å². The molecule has 34 heavy (non-hydrogen) atoms. The van der Waals surface area contributed by atoms with Gasteiger partial charge in [-0.05, 0) is 69.6 Å². The molecule has 0 aliphatic carbocycles. The second-order valence-electron chi connectivity index (χ2n) is 7.59. The van der Waals surface area contributed by atoms with Gasteiger partial charge in [0.05, 0.1) is 12.1 Å². The first-order valence-electron chi connectivity index (χ1n) is 10.2. The first kappa shape index (κ1) is 25.3. The Bertz CT molecular complexity index is 1260. The van der Waals surface area contributed by atoms with E-state index in [9.17, 15) is 23.2 Å². The molecule has 0 spiro atoms. The highest BCUT2D eigenvalue weighted by molar-refractivity contribution is 14.1. The van der Waals surface area contributed by atoms with E-state index in [1.165, 1.54) is 13.0 Å². The predicted molar refractivity (Wildman–Crippen MR) is 131 cm³/mol. The van der Waals surface area contributed by atoms with Crippen molar-refractivity contribution in [2.75, 3.05) is 6.54 Å². The summed E-state index contributed by atoms with van der Waals surface area (Å²) in [6.07, 6.45) is -0.0204. The minimum Gasteiger partial charge on any atom is -0.456 e. The van der Waals surface area contributed by atoms with E-state index in [0.29, 0.717) is 9.13 Å². The van der Waals surface area contributed by atoms with Crippen molar-refractivity contribution in [3.63, 3.8) is 0 Å². The number of halogens is 3. The van der Waals surface area contributed by atoms with E-state index >= 15 is 0 Å². The number of Topliss-reactive ketones (excluding diaryl/α,β-unsaturated/α-hetero) is 1. The van der Waals surface area contributed by atoms with E-state index < -0.39 is 17.5 Å². The number of primary amides is 1. The molecule has 9 heteroatoms. The topological polar surface area (TPSA) is 98.5 Å². The zero-order chi connectivity index (χ0) is 24.8. The molecule has 3 aromatic rings. The molecule has 3 aromatic carbocycles. The number of carbonyl (C=O) groups is 3. The maximum Gasteiger partial charge on any atom is 0.252 e. The number of benzene rings is 3. The van der Waals surface area contributed by atoms with Crippen LogP contribution in [0, 0.1) is 15.2 Å². The van der Waals surface area contributed by atoms with Gasteiger partial charge in [0.25, 0.3) is 5.91 Å². The first-order chi connectivity index (χ1) is 16.1. The highest BCUT2D eigenvalue weighted by Crippen LogP contribution is 2.31. The summed E-state index contributed by atoms with van der Waals surface area (Å²) in [5.74, 6) is -2.39. The van der Waals surface area contributed by atoms with Crippen molar-refractivity contribution >= 4 is 40.2 Å². The molecule has 0 unspecified atom stereocenters. The number of rotatable bonds is 9. The molecule has 0 atom stereocenters. The third kappa shape index (κ3) is 6.83. The third-order valence-corrected chi connectivity index (χ3v) is 5.52. The number of hydrogen-bond acceptors (Lipinski definition) is 4. The molecule has 6 nitrogen and oxygen atoms in total. The number of hydrogen-bond donors (Lipinski definition) is 2. The second kappa shape index (κ2) is 11.2. The first-order valence-corrected chi connectivity index (χ1v) is 11.3. The Kier molecular flexibility index (Phi) is 8.32. The average Bonchev–Trinajstić information content (AvgIpc) is 2.74. The minimum atomic E-state index is -0.849. The molecular formula is C25H21F2IN2O4. The van der Waals surface area contributed by atoms with Crippen LogP contribution in [0.5, 0.6) is 11.5 Å². The number of carbonyl (C=O) groups excluding carboxylic acids is 3. The van der Waals surface area contributed by atoms with E-state index in [-0.39, 0.29) is 59.3 Å². The minimum absolute atomic E-state index is 0.0423. The standard InChI is InChI=1S/C25H21F2IN2O4/c1-14(31)30-13-20(32)7-15-3-2-4-21(8-15)34-23-11-18(26)10-17(24(23)25(29)33)9-16-5-6-19(28)12-22(16)27/h2-6,8,10-12H,7,9,13H2,1H3,(H2,29,33)(H,30,31). The Morgan fingerprint density at radius 3 is 2.47 bits per heavy atom. The van der Waals surface area contributed by atoms with Gasteiger partial charge >= 0.3 is 0 Å². The van der Waals surface area contributed by atoms with Crippen LogP contribution in [0.3, 0.4) is 0 Å². The Balaban J connectivity index is 1.89. The lowest BCUT2D eigenvalue weighted by atomic mass is 9.98. The normalized spacial score (nSPS) is 10.6. The molecule has 0 heterocycles. The summed E-state index contributed by atoms with van der Waals surface area (Å²) in [4.78, 5) is 35.3. The maximum absolute atomic E-state index is 14.4. The fraction of sp³-hybridized carbons (Fsp3) is 0.160. The largest absolute Gasteiger partial charge is 0.456 e. The van der Waals surface area contributed by atoms with Gasteiger partial charge in [-0.3, -0.25) is 14.4 Å². The molecule has 176 valence electrons. The lowest BCUT2D eigenvalue weighted by molar-refractivity contribution is -0.123. The SMILES string of the molecule is CC(=O)NCC(=O)Cc1cccc(Oc2cc(F)cc(Cc3ccc(I)cc3F)c2C(N)=O)c1. The van der Waals surface area contributed by atoms with Crippen molar-refractivity contribution in [3.05, 3.63) is 92.1 Å². The summed E-state index contributed by atoms with van der Waals surface area (Å²) in [5, 5.41) is 2.44. The number of nitrogens with one attached hydrogen (secondary N) is 1. The van der Waals surface area contributed by atoms with Gasteiger partial charge in [-0.25, -0.2) is 8.78 Å². The summed E-state index contributed by atoms with van der Waals surface area (Å²) < 4.78 is 35.3. The summed E-state index contributed by atoms with van der Waals surface area (Å²) in [7, 11) is 0. The number of ketones is 1. The molecule has 0 saturated heterocycles. The van der Waals surface area contributed by atoms with Gasteiger partial charge in [0.1, 0.15) is 23.1 Å². The van der Waals surface area contributed by atoms with Crippen molar-refractivity contribution in [3.8, 4) is 11.5 Å². The Morgan fingerprint density at radius 2 is 1.79 bits per heavy atom. The highest BCUT2D eigenvalue weighted by Gasteiger charge is 2.20. The Hall–Kier alpha value is -3.34. The molecule has 0 aliphatic rings. The predicted octanol–water partition coefficient (Wildman–Crippen LogP) is 4.30. The van der Waals surface area contributed by atoms with Crippen molar-refractivity contribution < 1.29 is 27.9 Å². The van der Waals surface area contributed by atoms with Gasteiger partial charge in [-0.15, -0.1) is 0 Å². The third-order valence-electron chi connectivity index (χ3n) is 4.85. The highest BCUT2D eigenvalue weighted by atomic mass is 127. The van der Waals surface area contributed by atoms with E-state index in [2.05, 4.69) is 5.32 Å². The molecule has 0 fully saturated rings. The Labute approximate surface area is 208 Å². The van der Waals surface area contributed by atoms with Crippen LogP contribution in [0.25, 0.3) is 0 Å². The Morgan fingerprint density at radius 1 is 1.03 bits per heavy atom. The average molecular weight is 578 g/mol. The van der Waals surface area contributed by atoms with Gasteiger partial charge in [0.2, 0.25) is 5.91 Å². The van der Waals surface area contributed by atoms with Crippen molar-refractivity contribution in [2.45, 2.75) is 19.8 Å². The van der Waals surface area contributed by atoms with Crippen LogP contribution in [0.15, 0.2) is 54.6 Å². The molecule has 2 amide bonds. The van der Waals surface area contributed by atoms with Crippen LogP contribution in [0.1, 0.15) is 34.0 Å². The van der Waals surface area contributed by atoms with Gasteiger partial charge < -0.3 is 15.8 Å².